The number of aliphatic hydroxyl groups excluding tert-OH is 1. The van der Waals surface area contributed by atoms with Gasteiger partial charge < -0.3 is 24.8 Å². The molecule has 0 saturated carbocycles. The van der Waals surface area contributed by atoms with Crippen molar-refractivity contribution in [1.29, 1.82) is 0 Å². The van der Waals surface area contributed by atoms with Gasteiger partial charge in [-0.15, -0.1) is 13.2 Å². The van der Waals surface area contributed by atoms with E-state index in [0.717, 1.165) is 0 Å². The molecule has 0 radical (unpaired) electrons. The molecule has 2 aromatic rings. The highest BCUT2D eigenvalue weighted by Gasteiger charge is 2.32. The summed E-state index contributed by atoms with van der Waals surface area (Å²) in [5.74, 6) is -0.288. The van der Waals surface area contributed by atoms with Crippen LogP contribution in [0.3, 0.4) is 0 Å². The third kappa shape index (κ3) is 5.34. The molecular formula is C18H19F3N4O4. The second kappa shape index (κ2) is 8.64. The molecule has 1 aromatic carbocycles. The standard InChI is InChI=1S/C18H19F3N4O4/c1-28-10-14(11-4-6-12(7-5-11)29-18(19,20)21)24-17(27)25-9-15(26)23-13-3-2-8-22-16(13)25/h2-8,14,17,24,27H,9-10H2,1H3,(H,23,26). The zero-order valence-corrected chi connectivity index (χ0v) is 15.3. The minimum atomic E-state index is -4.78. The van der Waals surface area contributed by atoms with Crippen molar-refractivity contribution in [2.24, 2.45) is 0 Å². The summed E-state index contributed by atoms with van der Waals surface area (Å²) in [4.78, 5) is 17.5. The fourth-order valence-corrected chi connectivity index (χ4v) is 2.92. The van der Waals surface area contributed by atoms with E-state index in [0.29, 0.717) is 17.1 Å². The molecule has 11 heteroatoms. The van der Waals surface area contributed by atoms with E-state index in [9.17, 15) is 23.1 Å². The van der Waals surface area contributed by atoms with Gasteiger partial charge >= 0.3 is 6.36 Å². The number of nitrogens with zero attached hydrogens (tertiary/aromatic N) is 2. The van der Waals surface area contributed by atoms with Crippen molar-refractivity contribution in [3.05, 3.63) is 48.2 Å². The monoisotopic (exact) mass is 412 g/mol. The van der Waals surface area contributed by atoms with Crippen molar-refractivity contribution < 1.29 is 32.5 Å². The Balaban J connectivity index is 1.76. The summed E-state index contributed by atoms with van der Waals surface area (Å²) in [5, 5.41) is 16.2. The van der Waals surface area contributed by atoms with E-state index < -0.39 is 18.8 Å². The molecule has 1 aliphatic heterocycles. The van der Waals surface area contributed by atoms with Crippen LogP contribution in [0.4, 0.5) is 24.7 Å². The highest BCUT2D eigenvalue weighted by molar-refractivity contribution is 6.00. The molecule has 0 fully saturated rings. The number of pyridine rings is 1. The molecule has 1 aromatic heterocycles. The molecule has 156 valence electrons. The summed E-state index contributed by atoms with van der Waals surface area (Å²) in [5.41, 5.74) is 1.02. The fourth-order valence-electron chi connectivity index (χ4n) is 2.92. The lowest BCUT2D eigenvalue weighted by Gasteiger charge is -2.35. The Labute approximate surface area is 164 Å². The Hall–Kier alpha value is -2.89. The second-order valence-corrected chi connectivity index (χ2v) is 6.22. The minimum absolute atomic E-state index is 0.117. The molecule has 0 aliphatic carbocycles. The van der Waals surface area contributed by atoms with Gasteiger partial charge in [-0.1, -0.05) is 12.1 Å². The van der Waals surface area contributed by atoms with Gasteiger partial charge in [0.25, 0.3) is 0 Å². The van der Waals surface area contributed by atoms with Crippen molar-refractivity contribution >= 4 is 17.4 Å². The maximum Gasteiger partial charge on any atom is 0.573 e. The lowest BCUT2D eigenvalue weighted by molar-refractivity contribution is -0.274. The molecule has 2 atom stereocenters. The minimum Gasteiger partial charge on any atom is -0.406 e. The number of fused-ring (bicyclic) bond motifs is 1. The predicted molar refractivity (Wildman–Crippen MR) is 97.1 cm³/mol. The van der Waals surface area contributed by atoms with Crippen LogP contribution < -0.4 is 20.3 Å². The summed E-state index contributed by atoms with van der Waals surface area (Å²) >= 11 is 0. The number of amides is 1. The summed E-state index contributed by atoms with van der Waals surface area (Å²) in [6, 6.07) is 7.94. The average molecular weight is 412 g/mol. The van der Waals surface area contributed by atoms with Crippen molar-refractivity contribution in [1.82, 2.24) is 10.3 Å². The van der Waals surface area contributed by atoms with Gasteiger partial charge in [-0.05, 0) is 29.8 Å². The van der Waals surface area contributed by atoms with Crippen molar-refractivity contribution in [3.8, 4) is 5.75 Å². The number of nitrogens with one attached hydrogen (secondary N) is 2. The number of carbonyl (C=O) groups is 1. The average Bonchev–Trinajstić information content (AvgIpc) is 2.66. The van der Waals surface area contributed by atoms with Crippen LogP contribution in [-0.2, 0) is 9.53 Å². The maximum atomic E-state index is 12.3. The Bertz CT molecular complexity index is 848. The molecule has 29 heavy (non-hydrogen) atoms. The topological polar surface area (TPSA) is 96.0 Å². The Morgan fingerprint density at radius 3 is 2.69 bits per heavy atom. The van der Waals surface area contributed by atoms with Gasteiger partial charge in [-0.3, -0.25) is 10.1 Å². The zero-order valence-electron chi connectivity index (χ0n) is 15.3. The first-order valence-corrected chi connectivity index (χ1v) is 8.57. The number of benzene rings is 1. The molecule has 3 rings (SSSR count). The van der Waals surface area contributed by atoms with E-state index in [2.05, 4.69) is 20.4 Å². The number of rotatable bonds is 7. The Kier molecular flexibility index (Phi) is 6.20. The van der Waals surface area contributed by atoms with Crippen LogP contribution in [0, 0.1) is 0 Å². The molecule has 1 amide bonds. The van der Waals surface area contributed by atoms with Gasteiger partial charge in [0, 0.05) is 13.3 Å². The predicted octanol–water partition coefficient (Wildman–Crippen LogP) is 1.99. The number of hydrogen-bond acceptors (Lipinski definition) is 7. The SMILES string of the molecule is COCC(NC(O)N1CC(=O)Nc2cccnc21)c1ccc(OC(F)(F)F)cc1. The molecule has 0 saturated heterocycles. The molecule has 2 unspecified atom stereocenters. The largest absolute Gasteiger partial charge is 0.573 e. The van der Waals surface area contributed by atoms with Crippen LogP contribution in [-0.4, -0.2) is 49.0 Å². The van der Waals surface area contributed by atoms with Gasteiger partial charge in [0.05, 0.1) is 18.3 Å². The van der Waals surface area contributed by atoms with Crippen molar-refractivity contribution in [3.63, 3.8) is 0 Å². The van der Waals surface area contributed by atoms with Crippen LogP contribution in [0.1, 0.15) is 11.6 Å². The van der Waals surface area contributed by atoms with E-state index in [1.807, 2.05) is 0 Å². The Morgan fingerprint density at radius 2 is 2.03 bits per heavy atom. The van der Waals surface area contributed by atoms with E-state index in [1.54, 1.807) is 12.1 Å². The second-order valence-electron chi connectivity index (χ2n) is 6.22. The third-order valence-electron chi connectivity index (χ3n) is 4.14. The number of alkyl halides is 3. The van der Waals surface area contributed by atoms with E-state index in [4.69, 9.17) is 4.74 Å². The van der Waals surface area contributed by atoms with E-state index in [-0.39, 0.29) is 24.8 Å². The van der Waals surface area contributed by atoms with Crippen LogP contribution in [0.5, 0.6) is 5.75 Å². The molecule has 3 N–H and O–H groups in total. The smallest absolute Gasteiger partial charge is 0.406 e. The number of methoxy groups -OCH3 is 1. The van der Waals surface area contributed by atoms with Crippen LogP contribution in [0.15, 0.2) is 42.6 Å². The number of aliphatic hydroxyl groups is 1. The highest BCUT2D eigenvalue weighted by Crippen LogP contribution is 2.28. The quantitative estimate of drug-likeness (QED) is 0.599. The molecule has 1 aliphatic rings. The number of aromatic nitrogens is 1. The normalized spacial score (nSPS) is 16.0. The van der Waals surface area contributed by atoms with Gasteiger partial charge in [0.1, 0.15) is 12.3 Å². The Morgan fingerprint density at radius 1 is 1.31 bits per heavy atom. The first-order valence-electron chi connectivity index (χ1n) is 8.57. The molecule has 0 bridgehead atoms. The van der Waals surface area contributed by atoms with Crippen molar-refractivity contribution in [2.45, 2.75) is 18.8 Å². The maximum absolute atomic E-state index is 12.3. The summed E-state index contributed by atoms with van der Waals surface area (Å²) in [6.45, 7) is -0.0120. The van der Waals surface area contributed by atoms with E-state index in [1.165, 1.54) is 42.5 Å². The number of halogens is 3. The van der Waals surface area contributed by atoms with Crippen LogP contribution in [0.25, 0.3) is 0 Å². The summed E-state index contributed by atoms with van der Waals surface area (Å²) in [7, 11) is 1.45. The summed E-state index contributed by atoms with van der Waals surface area (Å²) < 4.78 is 46.0. The zero-order chi connectivity index (χ0) is 21.0. The van der Waals surface area contributed by atoms with Gasteiger partial charge in [0.2, 0.25) is 5.91 Å². The van der Waals surface area contributed by atoms with Gasteiger partial charge in [-0.25, -0.2) is 4.98 Å². The fraction of sp³-hybridized carbons (Fsp3) is 0.333. The van der Waals surface area contributed by atoms with Crippen molar-refractivity contribution in [2.75, 3.05) is 30.5 Å². The lowest BCUT2D eigenvalue weighted by Crippen LogP contribution is -2.53. The highest BCUT2D eigenvalue weighted by atomic mass is 19.4. The van der Waals surface area contributed by atoms with E-state index >= 15 is 0 Å². The number of anilines is 2. The van der Waals surface area contributed by atoms with Gasteiger partial charge in [-0.2, -0.15) is 0 Å². The lowest BCUT2D eigenvalue weighted by atomic mass is 10.1. The number of ether oxygens (including phenoxy) is 2. The molecule has 8 nitrogen and oxygen atoms in total. The van der Waals surface area contributed by atoms with Gasteiger partial charge in [0.15, 0.2) is 12.2 Å². The number of carbonyl (C=O) groups excluding carboxylic acids is 1. The third-order valence-corrected chi connectivity index (χ3v) is 4.14. The first-order chi connectivity index (χ1) is 13.8. The molecular weight excluding hydrogens is 393 g/mol. The van der Waals surface area contributed by atoms with Crippen LogP contribution in [0.2, 0.25) is 0 Å². The molecule has 0 spiro atoms. The first kappa shape index (κ1) is 20.8. The number of hydrogen-bond donors (Lipinski definition) is 3. The summed E-state index contributed by atoms with van der Waals surface area (Å²) in [6.07, 6.45) is -4.56. The van der Waals surface area contributed by atoms with Crippen LogP contribution >= 0.6 is 0 Å². The molecule has 2 heterocycles.